The highest BCUT2D eigenvalue weighted by atomic mass is 32.2. The Labute approximate surface area is 188 Å². The third-order valence-electron chi connectivity index (χ3n) is 4.11. The summed E-state index contributed by atoms with van der Waals surface area (Å²) < 4.78 is 0. The number of thioether (sulfide) groups is 1. The summed E-state index contributed by atoms with van der Waals surface area (Å²) in [5.41, 5.74) is 15.6. The van der Waals surface area contributed by atoms with Gasteiger partial charge in [0, 0.05) is 6.42 Å². The molecule has 0 saturated carbocycles. The van der Waals surface area contributed by atoms with Crippen LogP contribution < -0.4 is 33.2 Å². The van der Waals surface area contributed by atoms with Crippen LogP contribution in [0.15, 0.2) is 0 Å². The summed E-state index contributed by atoms with van der Waals surface area (Å²) in [4.78, 5) is 70.5. The summed E-state index contributed by atoms with van der Waals surface area (Å²) in [5, 5.41) is 24.9. The Balaban J connectivity index is 5.44. The predicted molar refractivity (Wildman–Crippen MR) is 114 cm³/mol. The van der Waals surface area contributed by atoms with E-state index in [4.69, 9.17) is 27.4 Å². The quantitative estimate of drug-likeness (QED) is 0.106. The van der Waals surface area contributed by atoms with Gasteiger partial charge >= 0.3 is 5.97 Å². The second kappa shape index (κ2) is 15.0. The van der Waals surface area contributed by atoms with Crippen LogP contribution in [-0.2, 0) is 28.8 Å². The molecular weight excluding hydrogens is 448 g/mol. The van der Waals surface area contributed by atoms with E-state index in [2.05, 4.69) is 16.0 Å². The summed E-state index contributed by atoms with van der Waals surface area (Å²) >= 11 is 1.36. The van der Waals surface area contributed by atoms with Crippen molar-refractivity contribution in [1.29, 1.82) is 0 Å². The average Bonchev–Trinajstić information content (AvgIpc) is 2.70. The molecule has 14 nitrogen and oxygen atoms in total. The summed E-state index contributed by atoms with van der Waals surface area (Å²) in [6, 6.07) is -5.44. The van der Waals surface area contributed by atoms with Crippen LogP contribution in [0.2, 0.25) is 0 Å². The average molecular weight is 479 g/mol. The van der Waals surface area contributed by atoms with Crippen molar-refractivity contribution in [1.82, 2.24) is 16.0 Å². The maximum Gasteiger partial charge on any atom is 0.328 e. The molecule has 0 aliphatic heterocycles. The maximum absolute atomic E-state index is 12.7. The fraction of sp³-hybridized carbons (Fsp3) is 0.647. The largest absolute Gasteiger partial charge is 0.480 e. The van der Waals surface area contributed by atoms with Crippen LogP contribution in [0.4, 0.5) is 0 Å². The van der Waals surface area contributed by atoms with Crippen LogP contribution in [0.3, 0.4) is 0 Å². The summed E-state index contributed by atoms with van der Waals surface area (Å²) in [5.74, 6) is -5.24. The number of carboxylic acid groups (broad SMARTS) is 1. The zero-order valence-electron chi connectivity index (χ0n) is 17.5. The molecule has 0 aromatic carbocycles. The normalized spacial score (nSPS) is 14.3. The molecule has 182 valence electrons. The van der Waals surface area contributed by atoms with E-state index in [1.165, 1.54) is 11.8 Å². The number of carbonyl (C=O) groups is 6. The minimum Gasteiger partial charge on any atom is -0.480 e. The minimum absolute atomic E-state index is 0.105. The Morgan fingerprint density at radius 1 is 0.844 bits per heavy atom. The number of nitrogens with one attached hydrogen (secondary N) is 3. The number of hydrogen-bond donors (Lipinski definition) is 8. The van der Waals surface area contributed by atoms with E-state index in [9.17, 15) is 28.8 Å². The van der Waals surface area contributed by atoms with Gasteiger partial charge in [-0.15, -0.1) is 0 Å². The molecule has 11 N–H and O–H groups in total. The lowest BCUT2D eigenvalue weighted by Crippen LogP contribution is -2.57. The molecule has 0 radical (unpaired) electrons. The molecule has 0 bridgehead atoms. The van der Waals surface area contributed by atoms with Crippen molar-refractivity contribution in [2.24, 2.45) is 17.2 Å². The lowest BCUT2D eigenvalue weighted by atomic mass is 10.1. The van der Waals surface area contributed by atoms with Gasteiger partial charge in [-0.1, -0.05) is 0 Å². The van der Waals surface area contributed by atoms with E-state index in [1.807, 2.05) is 0 Å². The molecular formula is C17H30N6O8S. The predicted octanol–water partition coefficient (Wildman–Crippen LogP) is -4.26. The monoisotopic (exact) mass is 478 g/mol. The van der Waals surface area contributed by atoms with Gasteiger partial charge in [-0.2, -0.15) is 11.8 Å². The number of primary amides is 2. The maximum atomic E-state index is 12.7. The Bertz CT molecular complexity index is 707. The Hall–Kier alpha value is -2.91. The van der Waals surface area contributed by atoms with Crippen LogP contribution >= 0.6 is 11.8 Å². The first kappa shape index (κ1) is 29.1. The Morgan fingerprint density at radius 2 is 1.34 bits per heavy atom. The first-order valence-corrected chi connectivity index (χ1v) is 10.9. The smallest absolute Gasteiger partial charge is 0.328 e. The first-order valence-electron chi connectivity index (χ1n) is 9.48. The van der Waals surface area contributed by atoms with Crippen molar-refractivity contribution in [3.05, 3.63) is 0 Å². The number of nitrogens with two attached hydrogens (primary N) is 3. The van der Waals surface area contributed by atoms with E-state index in [1.54, 1.807) is 6.26 Å². The summed E-state index contributed by atoms with van der Waals surface area (Å²) in [6.07, 6.45) is 0.874. The number of aliphatic carboxylic acids is 1. The Kier molecular flexibility index (Phi) is 13.6. The number of rotatable bonds is 16. The van der Waals surface area contributed by atoms with E-state index >= 15 is 0 Å². The van der Waals surface area contributed by atoms with E-state index in [0.29, 0.717) is 5.75 Å². The number of carbonyl (C=O) groups excluding carboxylic acids is 5. The van der Waals surface area contributed by atoms with Crippen LogP contribution in [-0.4, -0.2) is 88.5 Å². The molecule has 4 atom stereocenters. The number of aliphatic hydroxyl groups excluding tert-OH is 1. The number of aliphatic hydroxyl groups is 1. The molecule has 4 unspecified atom stereocenters. The molecule has 0 saturated heterocycles. The van der Waals surface area contributed by atoms with Gasteiger partial charge in [0.1, 0.15) is 18.1 Å². The molecule has 0 rings (SSSR count). The van der Waals surface area contributed by atoms with Gasteiger partial charge in [-0.05, 0) is 24.9 Å². The Morgan fingerprint density at radius 3 is 1.78 bits per heavy atom. The summed E-state index contributed by atoms with van der Waals surface area (Å²) in [6.45, 7) is -0.862. The third kappa shape index (κ3) is 11.5. The van der Waals surface area contributed by atoms with Gasteiger partial charge < -0.3 is 43.4 Å². The molecule has 0 aliphatic rings. The van der Waals surface area contributed by atoms with E-state index < -0.39 is 72.7 Å². The molecule has 32 heavy (non-hydrogen) atoms. The number of hydrogen-bond acceptors (Lipinski definition) is 9. The minimum atomic E-state index is -1.58. The number of carboxylic acids is 1. The lowest BCUT2D eigenvalue weighted by molar-refractivity contribution is -0.143. The van der Waals surface area contributed by atoms with Crippen LogP contribution in [0.5, 0.6) is 0 Å². The van der Waals surface area contributed by atoms with Crippen molar-refractivity contribution < 1.29 is 39.0 Å². The molecule has 0 aromatic rings. The molecule has 0 fully saturated rings. The molecule has 15 heteroatoms. The zero-order chi connectivity index (χ0) is 24.8. The second-order valence-corrected chi connectivity index (χ2v) is 7.75. The fourth-order valence-electron chi connectivity index (χ4n) is 2.38. The highest BCUT2D eigenvalue weighted by Crippen LogP contribution is 2.05. The highest BCUT2D eigenvalue weighted by molar-refractivity contribution is 7.98. The van der Waals surface area contributed by atoms with E-state index in [-0.39, 0.29) is 19.3 Å². The van der Waals surface area contributed by atoms with Crippen LogP contribution in [0, 0.1) is 0 Å². The van der Waals surface area contributed by atoms with Crippen molar-refractivity contribution in [2.45, 2.75) is 49.9 Å². The molecule has 5 amide bonds. The van der Waals surface area contributed by atoms with Crippen LogP contribution in [0.25, 0.3) is 0 Å². The van der Waals surface area contributed by atoms with Crippen molar-refractivity contribution in [3.63, 3.8) is 0 Å². The molecule has 0 aromatic heterocycles. The van der Waals surface area contributed by atoms with Gasteiger partial charge in [-0.3, -0.25) is 24.0 Å². The van der Waals surface area contributed by atoms with Crippen LogP contribution in [0.1, 0.15) is 25.7 Å². The highest BCUT2D eigenvalue weighted by Gasteiger charge is 2.30. The standard InChI is InChI=1S/C17H30N6O8S/c1-32-5-4-10(16(29)23-11(7-24)17(30)31)22-15(28)9(2-3-12(19)25)21-14(27)8(18)6-13(20)26/h8-11,24H,2-7,18H2,1H3,(H2,19,25)(H2,20,26)(H,21,27)(H,22,28)(H,23,29)(H,30,31). The first-order chi connectivity index (χ1) is 14.9. The lowest BCUT2D eigenvalue weighted by Gasteiger charge is -2.24. The topological polar surface area (TPSA) is 257 Å². The fourth-order valence-corrected chi connectivity index (χ4v) is 2.85. The zero-order valence-corrected chi connectivity index (χ0v) is 18.4. The van der Waals surface area contributed by atoms with Crippen molar-refractivity contribution in [3.8, 4) is 0 Å². The van der Waals surface area contributed by atoms with Gasteiger partial charge in [0.25, 0.3) is 0 Å². The van der Waals surface area contributed by atoms with E-state index in [0.717, 1.165) is 0 Å². The molecule has 0 spiro atoms. The SMILES string of the molecule is CSCCC(NC(=O)C(CCC(N)=O)NC(=O)C(N)CC(N)=O)C(=O)NC(CO)C(=O)O. The van der Waals surface area contributed by atoms with Gasteiger partial charge in [-0.25, -0.2) is 4.79 Å². The summed E-state index contributed by atoms with van der Waals surface area (Å²) in [7, 11) is 0. The van der Waals surface area contributed by atoms with Gasteiger partial charge in [0.05, 0.1) is 19.1 Å². The number of amides is 5. The third-order valence-corrected chi connectivity index (χ3v) is 4.75. The second-order valence-electron chi connectivity index (χ2n) is 6.77. The molecule has 0 heterocycles. The van der Waals surface area contributed by atoms with Crippen molar-refractivity contribution >= 4 is 47.3 Å². The van der Waals surface area contributed by atoms with Gasteiger partial charge in [0.15, 0.2) is 0 Å². The van der Waals surface area contributed by atoms with Crippen molar-refractivity contribution in [2.75, 3.05) is 18.6 Å². The molecule has 0 aliphatic carbocycles. The van der Waals surface area contributed by atoms with Gasteiger partial charge in [0.2, 0.25) is 29.5 Å².